The Kier molecular flexibility index (Phi) is 4.58. The predicted molar refractivity (Wildman–Crippen MR) is 102 cm³/mol. The predicted octanol–water partition coefficient (Wildman–Crippen LogP) is 3.39. The number of amides is 2. The molecule has 7 heteroatoms. The van der Waals surface area contributed by atoms with E-state index in [1.807, 2.05) is 0 Å². The molecule has 2 aromatic carbocycles. The maximum absolute atomic E-state index is 12.8. The van der Waals surface area contributed by atoms with Gasteiger partial charge in [0.15, 0.2) is 11.5 Å². The van der Waals surface area contributed by atoms with Crippen LogP contribution in [0.15, 0.2) is 46.9 Å². The second-order valence-electron chi connectivity index (χ2n) is 6.51. The molecule has 2 amide bonds. The van der Waals surface area contributed by atoms with Crippen molar-refractivity contribution in [3.63, 3.8) is 0 Å². The van der Waals surface area contributed by atoms with E-state index in [0.29, 0.717) is 59.3 Å². The number of nitrogens with zero attached hydrogens (tertiary/aromatic N) is 3. The Morgan fingerprint density at radius 3 is 2.22 bits per heavy atom. The first-order valence-electron chi connectivity index (χ1n) is 8.72. The molecule has 0 bridgehead atoms. The second-order valence-corrected chi connectivity index (χ2v) is 6.95. The lowest BCUT2D eigenvalue weighted by Gasteiger charge is -2.34. The highest BCUT2D eigenvalue weighted by molar-refractivity contribution is 6.30. The van der Waals surface area contributed by atoms with Gasteiger partial charge in [-0.05, 0) is 36.4 Å². The average molecular weight is 384 g/mol. The van der Waals surface area contributed by atoms with Crippen molar-refractivity contribution in [3.05, 3.63) is 64.5 Å². The summed E-state index contributed by atoms with van der Waals surface area (Å²) in [6, 6.07) is 12.2. The molecule has 0 N–H and O–H groups in total. The Labute approximate surface area is 161 Å². The third-order valence-electron chi connectivity index (χ3n) is 4.67. The van der Waals surface area contributed by atoms with Crippen LogP contribution in [-0.4, -0.2) is 52.8 Å². The molecule has 1 aliphatic heterocycles. The van der Waals surface area contributed by atoms with Crippen LogP contribution in [0.25, 0.3) is 11.1 Å². The van der Waals surface area contributed by atoms with Gasteiger partial charge in [-0.15, -0.1) is 0 Å². The van der Waals surface area contributed by atoms with Crippen molar-refractivity contribution in [1.82, 2.24) is 14.8 Å². The highest BCUT2D eigenvalue weighted by Gasteiger charge is 2.26. The van der Waals surface area contributed by atoms with E-state index in [0.717, 1.165) is 0 Å². The van der Waals surface area contributed by atoms with Gasteiger partial charge in [-0.3, -0.25) is 9.59 Å². The van der Waals surface area contributed by atoms with Crippen LogP contribution in [-0.2, 0) is 0 Å². The van der Waals surface area contributed by atoms with Crippen molar-refractivity contribution in [2.45, 2.75) is 6.92 Å². The van der Waals surface area contributed by atoms with Crippen molar-refractivity contribution < 1.29 is 14.0 Å². The Morgan fingerprint density at radius 1 is 0.963 bits per heavy atom. The molecule has 0 unspecified atom stereocenters. The van der Waals surface area contributed by atoms with Gasteiger partial charge in [0.2, 0.25) is 0 Å². The summed E-state index contributed by atoms with van der Waals surface area (Å²) in [7, 11) is 0. The molecule has 138 valence electrons. The first kappa shape index (κ1) is 17.5. The Morgan fingerprint density at radius 2 is 1.59 bits per heavy atom. The normalized spacial score (nSPS) is 14.6. The van der Waals surface area contributed by atoms with Crippen LogP contribution in [0.5, 0.6) is 0 Å². The summed E-state index contributed by atoms with van der Waals surface area (Å²) in [6.07, 6.45) is 0. The first-order chi connectivity index (χ1) is 13.0. The molecule has 1 aromatic heterocycles. The molecule has 0 atom stereocenters. The zero-order chi connectivity index (χ0) is 19.0. The lowest BCUT2D eigenvalue weighted by molar-refractivity contribution is 0.0535. The van der Waals surface area contributed by atoms with Crippen LogP contribution >= 0.6 is 11.6 Å². The van der Waals surface area contributed by atoms with E-state index in [9.17, 15) is 9.59 Å². The summed E-state index contributed by atoms with van der Waals surface area (Å²) >= 11 is 5.97. The maximum Gasteiger partial charge on any atom is 0.254 e. The van der Waals surface area contributed by atoms with Crippen LogP contribution < -0.4 is 0 Å². The van der Waals surface area contributed by atoms with Gasteiger partial charge in [-0.2, -0.15) is 0 Å². The summed E-state index contributed by atoms with van der Waals surface area (Å²) in [5.41, 5.74) is 2.48. The fourth-order valence-electron chi connectivity index (χ4n) is 3.27. The molecule has 3 aromatic rings. The third kappa shape index (κ3) is 3.53. The Bertz CT molecular complexity index is 1020. The van der Waals surface area contributed by atoms with E-state index in [1.165, 1.54) is 0 Å². The Hall–Kier alpha value is -2.86. The summed E-state index contributed by atoms with van der Waals surface area (Å²) in [4.78, 5) is 33.2. The van der Waals surface area contributed by atoms with E-state index < -0.39 is 0 Å². The number of rotatable bonds is 2. The van der Waals surface area contributed by atoms with Gasteiger partial charge in [0.05, 0.1) is 0 Å². The van der Waals surface area contributed by atoms with Gasteiger partial charge in [-0.25, -0.2) is 4.98 Å². The number of benzene rings is 2. The van der Waals surface area contributed by atoms with Crippen LogP contribution in [0, 0.1) is 6.92 Å². The first-order valence-corrected chi connectivity index (χ1v) is 9.10. The van der Waals surface area contributed by atoms with Gasteiger partial charge in [-0.1, -0.05) is 17.7 Å². The lowest BCUT2D eigenvalue weighted by Crippen LogP contribution is -2.50. The van der Waals surface area contributed by atoms with Gasteiger partial charge in [0.1, 0.15) is 5.52 Å². The fraction of sp³-hybridized carbons (Fsp3) is 0.250. The lowest BCUT2D eigenvalue weighted by atomic mass is 10.1. The number of oxazole rings is 1. The highest BCUT2D eigenvalue weighted by atomic mass is 35.5. The minimum atomic E-state index is -0.0657. The summed E-state index contributed by atoms with van der Waals surface area (Å²) in [5.74, 6) is 0.444. The molecule has 0 spiro atoms. The van der Waals surface area contributed by atoms with Crippen molar-refractivity contribution in [3.8, 4) is 0 Å². The van der Waals surface area contributed by atoms with E-state index >= 15 is 0 Å². The smallest absolute Gasteiger partial charge is 0.254 e. The van der Waals surface area contributed by atoms with Crippen LogP contribution in [0.2, 0.25) is 5.02 Å². The number of aryl methyl sites for hydroxylation is 1. The van der Waals surface area contributed by atoms with E-state index in [4.69, 9.17) is 16.0 Å². The number of piperazine rings is 1. The van der Waals surface area contributed by atoms with Gasteiger partial charge >= 0.3 is 0 Å². The van der Waals surface area contributed by atoms with Crippen molar-refractivity contribution >= 4 is 34.5 Å². The van der Waals surface area contributed by atoms with Gasteiger partial charge in [0, 0.05) is 49.3 Å². The number of hydrogen-bond acceptors (Lipinski definition) is 4. The number of halogens is 1. The third-order valence-corrected chi connectivity index (χ3v) is 4.90. The topological polar surface area (TPSA) is 66.7 Å². The average Bonchev–Trinajstić information content (AvgIpc) is 3.06. The van der Waals surface area contributed by atoms with E-state index in [2.05, 4.69) is 4.98 Å². The van der Waals surface area contributed by atoms with E-state index in [-0.39, 0.29) is 11.8 Å². The molecule has 4 rings (SSSR count). The summed E-state index contributed by atoms with van der Waals surface area (Å²) in [6.45, 7) is 3.73. The molecule has 0 radical (unpaired) electrons. The molecule has 1 saturated heterocycles. The summed E-state index contributed by atoms with van der Waals surface area (Å²) < 4.78 is 5.45. The maximum atomic E-state index is 12.8. The van der Waals surface area contributed by atoms with Gasteiger partial charge in [0.25, 0.3) is 11.8 Å². The van der Waals surface area contributed by atoms with Crippen LogP contribution in [0.1, 0.15) is 26.6 Å². The minimum Gasteiger partial charge on any atom is -0.441 e. The second kappa shape index (κ2) is 7.04. The number of fused-ring (bicyclic) bond motifs is 1. The SMILES string of the molecule is Cc1nc2cc(C(=O)N3CCN(C(=O)c4cccc(Cl)c4)CC3)ccc2o1. The molecule has 6 nitrogen and oxygen atoms in total. The highest BCUT2D eigenvalue weighted by Crippen LogP contribution is 2.19. The zero-order valence-electron chi connectivity index (χ0n) is 14.8. The molecule has 0 saturated carbocycles. The zero-order valence-corrected chi connectivity index (χ0v) is 15.6. The molecular formula is C20H18ClN3O3. The number of aromatic nitrogens is 1. The molecule has 2 heterocycles. The van der Waals surface area contributed by atoms with E-state index in [1.54, 1.807) is 59.2 Å². The monoisotopic (exact) mass is 383 g/mol. The number of hydrogen-bond donors (Lipinski definition) is 0. The molecule has 27 heavy (non-hydrogen) atoms. The van der Waals surface area contributed by atoms with Gasteiger partial charge < -0.3 is 14.2 Å². The number of carbonyl (C=O) groups is 2. The van der Waals surface area contributed by atoms with Crippen molar-refractivity contribution in [2.24, 2.45) is 0 Å². The van der Waals surface area contributed by atoms with Crippen molar-refractivity contribution in [1.29, 1.82) is 0 Å². The standard InChI is InChI=1S/C20H18ClN3O3/c1-13-22-17-12-15(5-6-18(17)27-13)20(26)24-9-7-23(8-10-24)19(25)14-3-2-4-16(21)11-14/h2-6,11-12H,7-10H2,1H3. The van der Waals surface area contributed by atoms with Crippen LogP contribution in [0.3, 0.4) is 0 Å². The molecular weight excluding hydrogens is 366 g/mol. The van der Waals surface area contributed by atoms with Crippen molar-refractivity contribution in [2.75, 3.05) is 26.2 Å². The molecule has 0 aliphatic carbocycles. The molecule has 1 aliphatic rings. The largest absolute Gasteiger partial charge is 0.441 e. The minimum absolute atomic E-state index is 0.0626. The molecule has 1 fully saturated rings. The summed E-state index contributed by atoms with van der Waals surface area (Å²) in [5, 5.41) is 0.535. The van der Waals surface area contributed by atoms with Crippen LogP contribution in [0.4, 0.5) is 0 Å². The fourth-order valence-corrected chi connectivity index (χ4v) is 3.47. The quantitative estimate of drug-likeness (QED) is 0.680. The number of carbonyl (C=O) groups excluding carboxylic acids is 2. The Balaban J connectivity index is 1.43.